The Hall–Kier alpha value is -2.34. The molecule has 1 aromatic heterocycles. The van der Waals surface area contributed by atoms with Gasteiger partial charge >= 0.3 is 0 Å². The maximum Gasteiger partial charge on any atom is 0.256 e. The van der Waals surface area contributed by atoms with Gasteiger partial charge in [-0.25, -0.2) is 0 Å². The van der Waals surface area contributed by atoms with E-state index < -0.39 is 5.91 Å². The van der Waals surface area contributed by atoms with Crippen LogP contribution >= 0.6 is 11.3 Å². The van der Waals surface area contributed by atoms with Crippen LogP contribution in [-0.2, 0) is 0 Å². The molecule has 1 aromatic carbocycles. The summed E-state index contributed by atoms with van der Waals surface area (Å²) in [5.41, 5.74) is 6.05. The van der Waals surface area contributed by atoms with Crippen LogP contribution in [0, 0.1) is 0 Å². The Morgan fingerprint density at radius 2 is 1.86 bits per heavy atom. The number of hydrogen-bond donors (Lipinski definition) is 3. The normalized spacial score (nSPS) is 10.6. The summed E-state index contributed by atoms with van der Waals surface area (Å²) in [6.07, 6.45) is 0. The van der Waals surface area contributed by atoms with Crippen molar-refractivity contribution in [2.24, 2.45) is 5.73 Å². The topological polar surface area (TPSA) is 92.4 Å². The quantitative estimate of drug-likeness (QED) is 0.810. The summed E-state index contributed by atoms with van der Waals surface area (Å²) in [5, 5.41) is 12.4. The van der Waals surface area contributed by atoms with E-state index in [9.17, 15) is 14.7 Å². The number of anilines is 1. The lowest BCUT2D eigenvalue weighted by atomic mass is 10.1. The van der Waals surface area contributed by atoms with Gasteiger partial charge in [-0.3, -0.25) is 9.59 Å². The summed E-state index contributed by atoms with van der Waals surface area (Å²) in [6.45, 7) is 4.00. The first kappa shape index (κ1) is 15.1. The van der Waals surface area contributed by atoms with Crippen LogP contribution in [0.4, 0.5) is 5.00 Å². The number of phenolic OH excluding ortho intramolecular Hbond substituents is 1. The highest BCUT2D eigenvalue weighted by atomic mass is 32.1. The maximum atomic E-state index is 12.1. The third-order valence-electron chi connectivity index (χ3n) is 2.94. The zero-order valence-corrected chi connectivity index (χ0v) is 12.5. The van der Waals surface area contributed by atoms with Crippen LogP contribution in [0.2, 0.25) is 0 Å². The number of nitrogens with one attached hydrogen (secondary N) is 1. The molecule has 4 N–H and O–H groups in total. The number of hydrogen-bond acceptors (Lipinski definition) is 4. The van der Waals surface area contributed by atoms with Crippen LogP contribution in [0.25, 0.3) is 0 Å². The zero-order chi connectivity index (χ0) is 15.6. The van der Waals surface area contributed by atoms with Crippen LogP contribution in [0.3, 0.4) is 0 Å². The van der Waals surface area contributed by atoms with Gasteiger partial charge in [0.05, 0.1) is 5.56 Å². The number of primary amides is 1. The van der Waals surface area contributed by atoms with Crippen LogP contribution in [0.5, 0.6) is 5.75 Å². The van der Waals surface area contributed by atoms with Gasteiger partial charge in [-0.2, -0.15) is 0 Å². The SMILES string of the molecule is CC(C)c1cc(C(N)=O)c(NC(=O)c2ccc(O)cc2)s1. The second-order valence-electron chi connectivity index (χ2n) is 4.91. The molecule has 0 unspecified atom stereocenters. The van der Waals surface area contributed by atoms with Crippen molar-refractivity contribution in [1.82, 2.24) is 0 Å². The van der Waals surface area contributed by atoms with E-state index in [-0.39, 0.29) is 17.6 Å². The third kappa shape index (κ3) is 3.41. The van der Waals surface area contributed by atoms with Crippen molar-refractivity contribution in [2.75, 3.05) is 5.32 Å². The average Bonchev–Trinajstić information content (AvgIpc) is 2.83. The summed E-state index contributed by atoms with van der Waals surface area (Å²) in [5.74, 6) is -0.594. The Bertz CT molecular complexity index is 675. The summed E-state index contributed by atoms with van der Waals surface area (Å²) in [7, 11) is 0. The lowest BCUT2D eigenvalue weighted by Crippen LogP contribution is -2.16. The molecule has 0 saturated heterocycles. The van der Waals surface area contributed by atoms with E-state index in [0.29, 0.717) is 16.1 Å². The molecule has 6 heteroatoms. The molecule has 0 radical (unpaired) electrons. The van der Waals surface area contributed by atoms with Gasteiger partial charge in [0.15, 0.2) is 0 Å². The number of nitrogens with two attached hydrogens (primary N) is 1. The Labute approximate surface area is 126 Å². The molecule has 2 rings (SSSR count). The van der Waals surface area contributed by atoms with Gasteiger partial charge in [0.2, 0.25) is 0 Å². The summed E-state index contributed by atoms with van der Waals surface area (Å²) in [4.78, 5) is 24.6. The van der Waals surface area contributed by atoms with Gasteiger partial charge in [0, 0.05) is 10.4 Å². The molecule has 0 atom stereocenters. The second-order valence-corrected chi connectivity index (χ2v) is 6.00. The van der Waals surface area contributed by atoms with E-state index in [1.807, 2.05) is 13.8 Å². The molecule has 5 nitrogen and oxygen atoms in total. The Morgan fingerprint density at radius 3 is 2.38 bits per heavy atom. The minimum atomic E-state index is -0.570. The first-order chi connectivity index (χ1) is 9.88. The first-order valence-electron chi connectivity index (χ1n) is 6.42. The predicted molar refractivity (Wildman–Crippen MR) is 83.0 cm³/mol. The molecule has 0 fully saturated rings. The molecular weight excluding hydrogens is 288 g/mol. The van der Waals surface area contributed by atoms with Crippen molar-refractivity contribution in [3.63, 3.8) is 0 Å². The number of thiophene rings is 1. The van der Waals surface area contributed by atoms with Gasteiger partial charge < -0.3 is 16.2 Å². The van der Waals surface area contributed by atoms with Crippen molar-refractivity contribution in [1.29, 1.82) is 0 Å². The highest BCUT2D eigenvalue weighted by molar-refractivity contribution is 7.16. The fourth-order valence-corrected chi connectivity index (χ4v) is 2.82. The lowest BCUT2D eigenvalue weighted by molar-refractivity contribution is 0.100. The molecule has 2 amide bonds. The van der Waals surface area contributed by atoms with Crippen molar-refractivity contribution < 1.29 is 14.7 Å². The summed E-state index contributed by atoms with van der Waals surface area (Å²) < 4.78 is 0. The van der Waals surface area contributed by atoms with Gasteiger partial charge in [0.25, 0.3) is 11.8 Å². The minimum Gasteiger partial charge on any atom is -0.508 e. The molecule has 1 heterocycles. The van der Waals surface area contributed by atoms with Crippen molar-refractivity contribution in [3.05, 3.63) is 46.3 Å². The van der Waals surface area contributed by atoms with Crippen molar-refractivity contribution in [2.45, 2.75) is 19.8 Å². The fourth-order valence-electron chi connectivity index (χ4n) is 1.76. The van der Waals surface area contributed by atoms with E-state index in [1.165, 1.54) is 35.6 Å². The Balaban J connectivity index is 2.28. The first-order valence-corrected chi connectivity index (χ1v) is 7.24. The number of amides is 2. The standard InChI is InChI=1S/C15H16N2O3S/c1-8(2)12-7-11(13(16)19)15(21-12)17-14(20)9-3-5-10(18)6-4-9/h3-8,18H,1-2H3,(H2,16,19)(H,17,20). The maximum absolute atomic E-state index is 12.1. The zero-order valence-electron chi connectivity index (χ0n) is 11.7. The number of carbonyl (C=O) groups is 2. The molecule has 0 saturated carbocycles. The third-order valence-corrected chi connectivity index (χ3v) is 4.29. The number of carbonyl (C=O) groups excluding carboxylic acids is 2. The molecule has 2 aromatic rings. The van der Waals surface area contributed by atoms with E-state index in [0.717, 1.165) is 4.88 Å². The molecule has 110 valence electrons. The molecule has 0 bridgehead atoms. The minimum absolute atomic E-state index is 0.0857. The monoisotopic (exact) mass is 304 g/mol. The molecule has 0 spiro atoms. The highest BCUT2D eigenvalue weighted by Gasteiger charge is 2.18. The van der Waals surface area contributed by atoms with E-state index in [4.69, 9.17) is 5.73 Å². The number of aromatic hydroxyl groups is 1. The van der Waals surface area contributed by atoms with Crippen LogP contribution in [0.1, 0.15) is 45.4 Å². The molecule has 21 heavy (non-hydrogen) atoms. The van der Waals surface area contributed by atoms with Gasteiger partial charge in [-0.05, 0) is 36.2 Å². The van der Waals surface area contributed by atoms with Crippen LogP contribution in [0.15, 0.2) is 30.3 Å². The van der Waals surface area contributed by atoms with Crippen LogP contribution < -0.4 is 11.1 Å². The second kappa shape index (κ2) is 5.97. The average molecular weight is 304 g/mol. The smallest absolute Gasteiger partial charge is 0.256 e. The van der Waals surface area contributed by atoms with Crippen molar-refractivity contribution in [3.8, 4) is 5.75 Å². The molecule has 0 aliphatic rings. The lowest BCUT2D eigenvalue weighted by Gasteiger charge is -2.04. The van der Waals surface area contributed by atoms with Gasteiger partial charge in [-0.15, -0.1) is 11.3 Å². The van der Waals surface area contributed by atoms with Crippen LogP contribution in [-0.4, -0.2) is 16.9 Å². The molecule has 0 aliphatic carbocycles. The molecular formula is C15H16N2O3S. The fraction of sp³-hybridized carbons (Fsp3) is 0.200. The van der Waals surface area contributed by atoms with E-state index in [1.54, 1.807) is 6.07 Å². The summed E-state index contributed by atoms with van der Waals surface area (Å²) >= 11 is 1.34. The van der Waals surface area contributed by atoms with Gasteiger partial charge in [-0.1, -0.05) is 13.8 Å². The van der Waals surface area contributed by atoms with E-state index >= 15 is 0 Å². The Morgan fingerprint density at radius 1 is 1.24 bits per heavy atom. The van der Waals surface area contributed by atoms with Crippen molar-refractivity contribution >= 4 is 28.2 Å². The van der Waals surface area contributed by atoms with E-state index in [2.05, 4.69) is 5.32 Å². The highest BCUT2D eigenvalue weighted by Crippen LogP contribution is 2.33. The largest absolute Gasteiger partial charge is 0.508 e. The Kier molecular flexibility index (Phi) is 4.28. The summed E-state index contributed by atoms with van der Waals surface area (Å²) in [6, 6.07) is 7.58. The number of phenols is 1. The number of benzene rings is 1. The molecule has 0 aliphatic heterocycles. The predicted octanol–water partition coefficient (Wildman–Crippen LogP) is 2.93. The number of rotatable bonds is 4. The van der Waals surface area contributed by atoms with Gasteiger partial charge in [0.1, 0.15) is 10.8 Å².